The number of hydrogen-bond donors (Lipinski definition) is 0. The van der Waals surface area contributed by atoms with E-state index in [0.717, 1.165) is 0 Å². The minimum absolute atomic E-state index is 0.00636. The van der Waals surface area contributed by atoms with Crippen molar-refractivity contribution in [1.29, 1.82) is 0 Å². The Balaban J connectivity index is 2.21. The summed E-state index contributed by atoms with van der Waals surface area (Å²) in [6, 6.07) is 10.3. The average molecular weight is 347 g/mol. The zero-order valence-corrected chi connectivity index (χ0v) is 13.2. The van der Waals surface area contributed by atoms with Crippen molar-refractivity contribution in [1.82, 2.24) is 0 Å². The Kier molecular flexibility index (Phi) is 4.97. The molecule has 1 aromatic carbocycles. The highest BCUT2D eigenvalue weighted by Gasteiger charge is 2.18. The zero-order valence-electron chi connectivity index (χ0n) is 9.18. The normalized spacial score (nSPS) is 19.3. The van der Waals surface area contributed by atoms with E-state index in [0.29, 0.717) is 5.75 Å². The largest absolute Gasteiger partial charge is 0.299 e. The molecule has 1 aliphatic rings. The molecule has 1 unspecified atom stereocenters. The lowest BCUT2D eigenvalue weighted by atomic mass is 10.1. The lowest BCUT2D eigenvalue weighted by molar-refractivity contribution is -0.114. The second-order valence-corrected chi connectivity index (χ2v) is 10.8. The molecule has 0 saturated carbocycles. The number of rotatable bonds is 3. The molecule has 0 aliphatic carbocycles. The number of benzene rings is 1. The van der Waals surface area contributed by atoms with Crippen molar-refractivity contribution in [2.75, 3.05) is 5.75 Å². The summed E-state index contributed by atoms with van der Waals surface area (Å²) in [5, 5.41) is 2.18. The number of carbonyl (C=O) groups is 1. The number of Topliss-reactive ketones (excluding diaryl/α,β-unsaturated/α-hetero) is 1. The molecular weight excluding hydrogens is 336 g/mol. The highest BCUT2D eigenvalue weighted by molar-refractivity contribution is 9.65. The molecule has 90 valence electrons. The summed E-state index contributed by atoms with van der Waals surface area (Å²) in [5.41, 5.74) is 2.47. The van der Waals surface area contributed by atoms with Gasteiger partial charge >= 0.3 is 0 Å². The van der Waals surface area contributed by atoms with Crippen LogP contribution in [0.3, 0.4) is 0 Å². The molecule has 1 aromatic rings. The van der Waals surface area contributed by atoms with Gasteiger partial charge in [0, 0.05) is 5.57 Å². The summed E-state index contributed by atoms with van der Waals surface area (Å²) in [5.74, 6) is 0.770. The molecule has 17 heavy (non-hydrogen) atoms. The fourth-order valence-corrected chi connectivity index (χ4v) is 7.51. The molecular formula is C12H11BrOS3. The summed E-state index contributed by atoms with van der Waals surface area (Å²) < 4.78 is 1.27. The van der Waals surface area contributed by atoms with E-state index in [2.05, 4.69) is 32.4 Å². The molecule has 5 heteroatoms. The second kappa shape index (κ2) is 6.27. The molecule has 0 radical (unpaired) electrons. The van der Waals surface area contributed by atoms with E-state index >= 15 is 0 Å². The first-order chi connectivity index (χ1) is 8.18. The van der Waals surface area contributed by atoms with E-state index in [-0.39, 0.29) is 13.7 Å². The second-order valence-electron chi connectivity index (χ2n) is 3.50. The number of ketones is 1. The number of carbonyl (C=O) groups excluding carboxylic acids is 1. The Hall–Kier alpha value is 0.0300. The maximum Gasteiger partial charge on any atom is 0.140 e. The molecule has 1 nitrogen and oxygen atoms in total. The SMILES string of the molecule is CC(=O)CSC1=S(Br)SC=C1c1ccccc1. The van der Waals surface area contributed by atoms with Gasteiger partial charge in [0.05, 0.1) is 9.95 Å². The van der Waals surface area contributed by atoms with Gasteiger partial charge in [-0.1, -0.05) is 41.1 Å². The van der Waals surface area contributed by atoms with Crippen molar-refractivity contribution in [2.24, 2.45) is 0 Å². The Morgan fingerprint density at radius 1 is 1.41 bits per heavy atom. The van der Waals surface area contributed by atoms with Gasteiger partial charge in [0.2, 0.25) is 0 Å². The zero-order chi connectivity index (χ0) is 12.3. The topological polar surface area (TPSA) is 17.1 Å². The van der Waals surface area contributed by atoms with Crippen LogP contribution in [0.4, 0.5) is 0 Å². The summed E-state index contributed by atoms with van der Waals surface area (Å²) in [4.78, 5) is 11.1. The molecule has 0 aromatic heterocycles. The van der Waals surface area contributed by atoms with Crippen LogP contribution < -0.4 is 0 Å². The van der Waals surface area contributed by atoms with E-state index in [1.165, 1.54) is 15.3 Å². The van der Waals surface area contributed by atoms with Gasteiger partial charge in [0.15, 0.2) is 0 Å². The van der Waals surface area contributed by atoms with Gasteiger partial charge in [-0.2, -0.15) is 0 Å². The monoisotopic (exact) mass is 346 g/mol. The van der Waals surface area contributed by atoms with E-state index < -0.39 is 0 Å². The fourth-order valence-electron chi connectivity index (χ4n) is 1.36. The van der Waals surface area contributed by atoms with Crippen molar-refractivity contribution in [2.45, 2.75) is 6.92 Å². The van der Waals surface area contributed by atoms with Crippen molar-refractivity contribution in [3.8, 4) is 0 Å². The van der Waals surface area contributed by atoms with Crippen LogP contribution >= 0.6 is 45.3 Å². The summed E-state index contributed by atoms with van der Waals surface area (Å²) >= 11 is 5.31. The lowest BCUT2D eigenvalue weighted by Crippen LogP contribution is -2.00. The first kappa shape index (κ1) is 13.5. The van der Waals surface area contributed by atoms with Gasteiger partial charge in [-0.25, -0.2) is 0 Å². The average Bonchev–Trinajstić information content (AvgIpc) is 2.69. The third-order valence-corrected chi connectivity index (χ3v) is 9.61. The summed E-state index contributed by atoms with van der Waals surface area (Å²) in [6.07, 6.45) is 0. The summed E-state index contributed by atoms with van der Waals surface area (Å²) in [6.45, 7) is 1.63. The third kappa shape index (κ3) is 3.50. The van der Waals surface area contributed by atoms with E-state index in [1.807, 2.05) is 18.2 Å². The molecule has 0 amide bonds. The quantitative estimate of drug-likeness (QED) is 0.582. The van der Waals surface area contributed by atoms with E-state index in [9.17, 15) is 4.79 Å². The van der Waals surface area contributed by atoms with Crippen LogP contribution in [-0.2, 0) is 4.79 Å². The molecule has 0 saturated heterocycles. The van der Waals surface area contributed by atoms with Crippen LogP contribution in [0.1, 0.15) is 12.5 Å². The highest BCUT2D eigenvalue weighted by Crippen LogP contribution is 2.52. The van der Waals surface area contributed by atoms with E-state index in [4.69, 9.17) is 0 Å². The van der Waals surface area contributed by atoms with Crippen LogP contribution in [-0.4, -0.2) is 15.7 Å². The predicted molar refractivity (Wildman–Crippen MR) is 86.7 cm³/mol. The van der Waals surface area contributed by atoms with Gasteiger partial charge < -0.3 is 0 Å². The van der Waals surface area contributed by atoms with E-state index in [1.54, 1.807) is 29.5 Å². The first-order valence-corrected chi connectivity index (χ1v) is 10.5. The van der Waals surface area contributed by atoms with Crippen LogP contribution in [0.2, 0.25) is 0 Å². The van der Waals surface area contributed by atoms with Crippen LogP contribution in [0, 0.1) is 0 Å². The smallest absolute Gasteiger partial charge is 0.140 e. The number of halogens is 1. The maximum absolute atomic E-state index is 11.1. The minimum atomic E-state index is 0.00636. The molecule has 2 rings (SSSR count). The minimum Gasteiger partial charge on any atom is -0.299 e. The molecule has 0 fully saturated rings. The number of thioether (sulfide) groups is 1. The molecule has 1 atom stereocenters. The van der Waals surface area contributed by atoms with Crippen molar-refractivity contribution >= 4 is 60.9 Å². The Morgan fingerprint density at radius 2 is 2.12 bits per heavy atom. The van der Waals surface area contributed by atoms with Crippen molar-refractivity contribution in [3.63, 3.8) is 0 Å². The highest BCUT2D eigenvalue weighted by atomic mass is 79.9. The number of hydrogen-bond acceptors (Lipinski definition) is 3. The Bertz CT molecular complexity index is 494. The predicted octanol–water partition coefficient (Wildman–Crippen LogP) is 4.72. The molecule has 1 heterocycles. The molecule has 0 spiro atoms. The standard InChI is InChI=1S/C12H11BrOS3/c1-9(14)7-15-12-11(8-16-17(12)13)10-5-3-2-4-6-10/h2-6,8H,7H2,1H3. The van der Waals surface area contributed by atoms with Gasteiger partial charge in [-0.05, 0) is 40.7 Å². The van der Waals surface area contributed by atoms with Crippen LogP contribution in [0.25, 0.3) is 5.57 Å². The van der Waals surface area contributed by atoms with Crippen LogP contribution in [0.5, 0.6) is 0 Å². The van der Waals surface area contributed by atoms with Crippen LogP contribution in [0.15, 0.2) is 35.7 Å². The van der Waals surface area contributed by atoms with Gasteiger partial charge in [-0.15, -0.1) is 11.8 Å². The fraction of sp³-hybridized carbons (Fsp3) is 0.167. The Morgan fingerprint density at radius 3 is 2.76 bits per heavy atom. The third-order valence-electron chi connectivity index (χ3n) is 2.11. The lowest BCUT2D eigenvalue weighted by Gasteiger charge is -2.07. The molecule has 1 aliphatic heterocycles. The first-order valence-electron chi connectivity index (χ1n) is 5.01. The van der Waals surface area contributed by atoms with Crippen molar-refractivity contribution < 1.29 is 4.79 Å². The van der Waals surface area contributed by atoms with Gasteiger partial charge in [0.25, 0.3) is 0 Å². The van der Waals surface area contributed by atoms with Crippen molar-refractivity contribution in [3.05, 3.63) is 41.3 Å². The molecule has 0 bridgehead atoms. The van der Waals surface area contributed by atoms with Gasteiger partial charge in [0.1, 0.15) is 5.78 Å². The maximum atomic E-state index is 11.1. The Labute approximate surface area is 119 Å². The summed E-state index contributed by atoms with van der Waals surface area (Å²) in [7, 11) is 1.78. The van der Waals surface area contributed by atoms with Gasteiger partial charge in [-0.3, -0.25) is 4.79 Å². The molecule has 0 N–H and O–H groups in total.